The Hall–Kier alpha value is -2.24. The van der Waals surface area contributed by atoms with Crippen LogP contribution in [0.25, 0.3) is 0 Å². The van der Waals surface area contributed by atoms with Crippen LogP contribution in [0.4, 0.5) is 10.5 Å². The minimum absolute atomic E-state index is 0.108. The van der Waals surface area contributed by atoms with Gasteiger partial charge in [-0.2, -0.15) is 0 Å². The number of amides is 2. The zero-order valence-electron chi connectivity index (χ0n) is 14.0. The summed E-state index contributed by atoms with van der Waals surface area (Å²) in [6.07, 6.45) is 0.905. The Bertz CT molecular complexity index is 545. The van der Waals surface area contributed by atoms with Crippen LogP contribution >= 0.6 is 0 Å². The molecule has 6 heteroatoms. The van der Waals surface area contributed by atoms with E-state index in [-0.39, 0.29) is 24.6 Å². The van der Waals surface area contributed by atoms with Crippen molar-refractivity contribution in [2.45, 2.75) is 26.3 Å². The van der Waals surface area contributed by atoms with Crippen molar-refractivity contribution in [1.82, 2.24) is 10.6 Å². The minimum atomic E-state index is -0.738. The highest BCUT2D eigenvalue weighted by molar-refractivity contribution is 5.78. The van der Waals surface area contributed by atoms with E-state index >= 15 is 0 Å². The Morgan fingerprint density at radius 2 is 2.00 bits per heavy atom. The second kappa shape index (κ2) is 7.35. The summed E-state index contributed by atoms with van der Waals surface area (Å²) in [7, 11) is 1.35. The molecule has 0 bridgehead atoms. The van der Waals surface area contributed by atoms with Gasteiger partial charge in [-0.15, -0.1) is 0 Å². The van der Waals surface area contributed by atoms with Gasteiger partial charge in [-0.25, -0.2) is 4.79 Å². The summed E-state index contributed by atoms with van der Waals surface area (Å²) in [5.41, 5.74) is 0.432. The first-order chi connectivity index (χ1) is 10.9. The molecule has 6 nitrogen and oxygen atoms in total. The van der Waals surface area contributed by atoms with E-state index in [1.165, 1.54) is 12.8 Å². The Balaban J connectivity index is 1.78. The third-order valence-corrected chi connectivity index (χ3v) is 4.07. The van der Waals surface area contributed by atoms with Crippen LogP contribution in [-0.4, -0.2) is 44.8 Å². The second-order valence-corrected chi connectivity index (χ2v) is 6.47. The molecule has 1 aromatic carbocycles. The third-order valence-electron chi connectivity index (χ3n) is 4.07. The van der Waals surface area contributed by atoms with Crippen LogP contribution in [0.1, 0.15) is 20.3 Å². The number of urea groups is 1. The van der Waals surface area contributed by atoms with Crippen molar-refractivity contribution in [3.8, 4) is 0 Å². The molecule has 0 spiro atoms. The van der Waals surface area contributed by atoms with Gasteiger partial charge >= 0.3 is 12.0 Å². The zero-order chi connectivity index (χ0) is 16.9. The van der Waals surface area contributed by atoms with Gasteiger partial charge in [-0.1, -0.05) is 18.2 Å². The molecule has 0 unspecified atom stereocenters. The number of methoxy groups -OCH3 is 1. The highest BCUT2D eigenvalue weighted by Crippen LogP contribution is 2.19. The standard InChI is InChI=1S/C17H25N3O3/c1-17(2,15(21)23-3)12-18-16(22)19-13-9-10-20(11-13)14-7-5-4-6-8-14/h4-8,13H,9-12H2,1-3H3,(H2,18,19,22)/t13-/m0/s1. The number of nitrogens with one attached hydrogen (secondary N) is 2. The van der Waals surface area contributed by atoms with Crippen molar-refractivity contribution in [2.75, 3.05) is 31.6 Å². The average Bonchev–Trinajstić information content (AvgIpc) is 3.01. The molecule has 23 heavy (non-hydrogen) atoms. The molecule has 126 valence electrons. The van der Waals surface area contributed by atoms with Gasteiger partial charge < -0.3 is 20.3 Å². The number of benzene rings is 1. The number of hydrogen-bond donors (Lipinski definition) is 2. The van der Waals surface area contributed by atoms with Gasteiger partial charge in [0.05, 0.1) is 12.5 Å². The van der Waals surface area contributed by atoms with Crippen molar-refractivity contribution in [3.63, 3.8) is 0 Å². The third kappa shape index (κ3) is 4.61. The fraction of sp³-hybridized carbons (Fsp3) is 0.529. The van der Waals surface area contributed by atoms with Crippen LogP contribution in [0.3, 0.4) is 0 Å². The summed E-state index contributed by atoms with van der Waals surface area (Å²) >= 11 is 0. The van der Waals surface area contributed by atoms with Crippen LogP contribution in [-0.2, 0) is 9.53 Å². The lowest BCUT2D eigenvalue weighted by molar-refractivity contribution is -0.150. The van der Waals surface area contributed by atoms with Crippen molar-refractivity contribution in [2.24, 2.45) is 5.41 Å². The number of nitrogens with zero attached hydrogens (tertiary/aromatic N) is 1. The Kier molecular flexibility index (Phi) is 5.47. The van der Waals surface area contributed by atoms with Gasteiger partial charge in [0.2, 0.25) is 0 Å². The van der Waals surface area contributed by atoms with Gasteiger partial charge in [0.1, 0.15) is 0 Å². The topological polar surface area (TPSA) is 70.7 Å². The van der Waals surface area contributed by atoms with E-state index in [2.05, 4.69) is 27.7 Å². The lowest BCUT2D eigenvalue weighted by Gasteiger charge is -2.23. The maximum atomic E-state index is 12.0. The van der Waals surface area contributed by atoms with E-state index in [1.807, 2.05) is 18.2 Å². The molecule has 1 atom stereocenters. The number of carbonyl (C=O) groups is 2. The molecule has 2 N–H and O–H groups in total. The molecule has 0 aliphatic carbocycles. The van der Waals surface area contributed by atoms with Crippen molar-refractivity contribution in [1.29, 1.82) is 0 Å². The van der Waals surface area contributed by atoms with Crippen LogP contribution in [0, 0.1) is 5.41 Å². The van der Waals surface area contributed by atoms with Gasteiger partial charge in [-0.3, -0.25) is 4.79 Å². The molecule has 1 aliphatic heterocycles. The van der Waals surface area contributed by atoms with E-state index in [1.54, 1.807) is 13.8 Å². The van der Waals surface area contributed by atoms with Gasteiger partial charge in [-0.05, 0) is 32.4 Å². The molecular formula is C17H25N3O3. The normalized spacial score (nSPS) is 17.7. The van der Waals surface area contributed by atoms with Crippen molar-refractivity contribution in [3.05, 3.63) is 30.3 Å². The Labute approximate surface area is 137 Å². The number of esters is 1. The molecule has 2 rings (SSSR count). The summed E-state index contributed by atoms with van der Waals surface area (Å²) in [6.45, 7) is 5.43. The highest BCUT2D eigenvalue weighted by atomic mass is 16.5. The van der Waals surface area contributed by atoms with Crippen molar-refractivity contribution < 1.29 is 14.3 Å². The van der Waals surface area contributed by atoms with E-state index in [9.17, 15) is 9.59 Å². The predicted octanol–water partition coefficient (Wildman–Crippen LogP) is 1.76. The van der Waals surface area contributed by atoms with Crippen LogP contribution in [0.5, 0.6) is 0 Å². The number of ether oxygens (including phenoxy) is 1. The Morgan fingerprint density at radius 3 is 2.65 bits per heavy atom. The van der Waals surface area contributed by atoms with E-state index in [0.29, 0.717) is 0 Å². The minimum Gasteiger partial charge on any atom is -0.469 e. The Morgan fingerprint density at radius 1 is 1.30 bits per heavy atom. The molecule has 2 amide bonds. The van der Waals surface area contributed by atoms with E-state index in [0.717, 1.165) is 19.5 Å². The van der Waals surface area contributed by atoms with Gasteiger partial charge in [0.15, 0.2) is 0 Å². The largest absolute Gasteiger partial charge is 0.469 e. The van der Waals surface area contributed by atoms with Gasteiger partial charge in [0, 0.05) is 31.4 Å². The SMILES string of the molecule is COC(=O)C(C)(C)CNC(=O)N[C@H]1CCN(c2ccccc2)C1. The number of anilines is 1. The smallest absolute Gasteiger partial charge is 0.315 e. The molecule has 1 aromatic rings. The first-order valence-corrected chi connectivity index (χ1v) is 7.85. The zero-order valence-corrected chi connectivity index (χ0v) is 14.0. The summed E-state index contributed by atoms with van der Waals surface area (Å²) in [5.74, 6) is -0.339. The molecule has 0 aromatic heterocycles. The number of para-hydroxylation sites is 1. The lowest BCUT2D eigenvalue weighted by atomic mass is 9.94. The average molecular weight is 319 g/mol. The van der Waals surface area contributed by atoms with Crippen LogP contribution < -0.4 is 15.5 Å². The fourth-order valence-electron chi connectivity index (χ4n) is 2.64. The molecule has 1 heterocycles. The maximum absolute atomic E-state index is 12.0. The van der Waals surface area contributed by atoms with E-state index in [4.69, 9.17) is 4.74 Å². The number of rotatable bonds is 5. The number of carbonyl (C=O) groups excluding carboxylic acids is 2. The summed E-state index contributed by atoms with van der Waals surface area (Å²) in [5, 5.41) is 5.71. The summed E-state index contributed by atoms with van der Waals surface area (Å²) < 4.78 is 4.73. The number of hydrogen-bond acceptors (Lipinski definition) is 4. The summed E-state index contributed by atoms with van der Waals surface area (Å²) in [4.78, 5) is 25.9. The van der Waals surface area contributed by atoms with E-state index < -0.39 is 5.41 Å². The van der Waals surface area contributed by atoms with Gasteiger partial charge in [0.25, 0.3) is 0 Å². The molecule has 0 radical (unpaired) electrons. The van der Waals surface area contributed by atoms with Crippen LogP contribution in [0.15, 0.2) is 30.3 Å². The molecule has 1 saturated heterocycles. The fourth-order valence-corrected chi connectivity index (χ4v) is 2.64. The first-order valence-electron chi connectivity index (χ1n) is 7.85. The molecule has 1 aliphatic rings. The predicted molar refractivity (Wildman–Crippen MR) is 89.4 cm³/mol. The lowest BCUT2D eigenvalue weighted by Crippen LogP contribution is -2.47. The molecule has 1 fully saturated rings. The molecule has 0 saturated carbocycles. The maximum Gasteiger partial charge on any atom is 0.315 e. The first kappa shape index (κ1) is 17.1. The highest BCUT2D eigenvalue weighted by Gasteiger charge is 2.30. The monoisotopic (exact) mass is 319 g/mol. The molecular weight excluding hydrogens is 294 g/mol. The summed E-state index contributed by atoms with van der Waals surface area (Å²) in [6, 6.07) is 10.0. The quantitative estimate of drug-likeness (QED) is 0.812. The van der Waals surface area contributed by atoms with Crippen molar-refractivity contribution >= 4 is 17.7 Å². The van der Waals surface area contributed by atoms with Crippen LogP contribution in [0.2, 0.25) is 0 Å². The second-order valence-electron chi connectivity index (χ2n) is 6.47.